The number of nitrogens with zero attached hydrogens (tertiary/aromatic N) is 4. The Bertz CT molecular complexity index is 389. The summed E-state index contributed by atoms with van der Waals surface area (Å²) < 4.78 is 6.88. The molecule has 1 aliphatic carbocycles. The molecule has 1 atom stereocenters. The molecule has 0 amide bonds. The van der Waals surface area contributed by atoms with E-state index in [1.54, 1.807) is 4.68 Å². The molecule has 1 N–H and O–H groups in total. The third-order valence-corrected chi connectivity index (χ3v) is 2.86. The highest BCUT2D eigenvalue weighted by atomic mass is 16.5. The number of aliphatic carboxylic acids is 1. The predicted octanol–water partition coefficient (Wildman–Crippen LogP) is 0.635. The average Bonchev–Trinajstić information content (AvgIpc) is 3.02. The lowest BCUT2D eigenvalue weighted by molar-refractivity contribution is -0.138. The maximum absolute atomic E-state index is 10.8. The summed E-state index contributed by atoms with van der Waals surface area (Å²) in [5, 5.41) is 20.3. The van der Waals surface area contributed by atoms with E-state index in [0.29, 0.717) is 25.0 Å². The summed E-state index contributed by atoms with van der Waals surface area (Å²) >= 11 is 0. The van der Waals surface area contributed by atoms with Crippen molar-refractivity contribution in [3.8, 4) is 0 Å². The van der Waals surface area contributed by atoms with Gasteiger partial charge in [-0.05, 0) is 36.1 Å². The molecule has 1 saturated carbocycles. The van der Waals surface area contributed by atoms with Crippen LogP contribution in [0.1, 0.15) is 38.1 Å². The summed E-state index contributed by atoms with van der Waals surface area (Å²) in [7, 11) is 0. The maximum Gasteiger partial charge on any atom is 0.305 e. The maximum atomic E-state index is 10.8. The molecule has 0 radical (unpaired) electrons. The Hall–Kier alpha value is -1.50. The molecule has 0 spiro atoms. The smallest absolute Gasteiger partial charge is 0.305 e. The third kappa shape index (κ3) is 3.00. The third-order valence-electron chi connectivity index (χ3n) is 2.86. The van der Waals surface area contributed by atoms with Crippen molar-refractivity contribution in [1.29, 1.82) is 0 Å². The molecule has 1 fully saturated rings. The van der Waals surface area contributed by atoms with E-state index >= 15 is 0 Å². The van der Waals surface area contributed by atoms with Crippen molar-refractivity contribution in [2.45, 2.75) is 38.8 Å². The lowest BCUT2D eigenvalue weighted by Crippen LogP contribution is -2.20. The van der Waals surface area contributed by atoms with Crippen LogP contribution < -0.4 is 0 Å². The van der Waals surface area contributed by atoms with Gasteiger partial charge in [0.15, 0.2) is 5.82 Å². The first-order chi connectivity index (χ1) is 8.22. The number of carboxylic acid groups (broad SMARTS) is 1. The summed E-state index contributed by atoms with van der Waals surface area (Å²) in [5.74, 6) is 0.166. The van der Waals surface area contributed by atoms with Gasteiger partial charge in [0.2, 0.25) is 0 Å². The topological polar surface area (TPSA) is 90.1 Å². The van der Waals surface area contributed by atoms with Gasteiger partial charge in [0.05, 0.1) is 12.5 Å². The van der Waals surface area contributed by atoms with E-state index in [9.17, 15) is 4.79 Å². The molecule has 0 aliphatic heterocycles. The van der Waals surface area contributed by atoms with Crippen LogP contribution >= 0.6 is 0 Å². The summed E-state index contributed by atoms with van der Waals surface area (Å²) in [5.41, 5.74) is 0. The first kappa shape index (κ1) is 12.0. The fourth-order valence-corrected chi connectivity index (χ4v) is 1.87. The van der Waals surface area contributed by atoms with Crippen molar-refractivity contribution in [3.05, 3.63) is 5.82 Å². The van der Waals surface area contributed by atoms with Crippen LogP contribution in [0, 0.1) is 5.92 Å². The van der Waals surface area contributed by atoms with Crippen LogP contribution in [0.25, 0.3) is 0 Å². The van der Waals surface area contributed by atoms with E-state index in [1.165, 1.54) is 0 Å². The van der Waals surface area contributed by atoms with Gasteiger partial charge in [0.1, 0.15) is 6.61 Å². The Labute approximate surface area is 98.8 Å². The first-order valence-corrected chi connectivity index (χ1v) is 5.78. The van der Waals surface area contributed by atoms with Crippen molar-refractivity contribution in [2.75, 3.05) is 6.61 Å². The fraction of sp³-hybridized carbons (Fsp3) is 0.800. The van der Waals surface area contributed by atoms with Gasteiger partial charge >= 0.3 is 5.97 Å². The van der Waals surface area contributed by atoms with Gasteiger partial charge in [-0.2, -0.15) is 0 Å². The molecule has 1 unspecified atom stereocenters. The molecule has 7 nitrogen and oxygen atoms in total. The van der Waals surface area contributed by atoms with Crippen LogP contribution in [0.5, 0.6) is 0 Å². The molecule has 0 bridgehead atoms. The summed E-state index contributed by atoms with van der Waals surface area (Å²) in [6.07, 6.45) is 2.16. The molecule has 1 heterocycles. The molecule has 0 saturated heterocycles. The number of hydrogen-bond donors (Lipinski definition) is 1. The van der Waals surface area contributed by atoms with Gasteiger partial charge in [-0.15, -0.1) is 5.10 Å². The van der Waals surface area contributed by atoms with Gasteiger partial charge in [0, 0.05) is 6.61 Å². The van der Waals surface area contributed by atoms with E-state index in [1.807, 2.05) is 6.92 Å². The van der Waals surface area contributed by atoms with E-state index in [4.69, 9.17) is 9.84 Å². The molecule has 1 aromatic heterocycles. The van der Waals surface area contributed by atoms with Crippen molar-refractivity contribution >= 4 is 5.97 Å². The molecule has 17 heavy (non-hydrogen) atoms. The van der Waals surface area contributed by atoms with Crippen molar-refractivity contribution < 1.29 is 14.6 Å². The Morgan fingerprint density at radius 2 is 2.41 bits per heavy atom. The van der Waals surface area contributed by atoms with Gasteiger partial charge in [-0.3, -0.25) is 4.79 Å². The van der Waals surface area contributed by atoms with Crippen LogP contribution in [0.3, 0.4) is 0 Å². The number of tetrazole rings is 1. The predicted molar refractivity (Wildman–Crippen MR) is 57.2 cm³/mol. The second-order valence-corrected chi connectivity index (χ2v) is 4.18. The number of hydrogen-bond acceptors (Lipinski definition) is 5. The van der Waals surface area contributed by atoms with E-state index < -0.39 is 5.97 Å². The van der Waals surface area contributed by atoms with Gasteiger partial charge in [-0.25, -0.2) is 4.68 Å². The van der Waals surface area contributed by atoms with Crippen molar-refractivity contribution in [3.63, 3.8) is 0 Å². The lowest BCUT2D eigenvalue weighted by atomic mass is 10.1. The standard InChI is InChI=1S/C10H16N4O3/c1-2-17-6-9-11-12-13-14(9)8(5-10(15)16)7-3-4-7/h7-8H,2-6H2,1H3,(H,15,16). The minimum Gasteiger partial charge on any atom is -0.481 e. The Morgan fingerprint density at radius 1 is 1.65 bits per heavy atom. The second-order valence-electron chi connectivity index (χ2n) is 4.18. The molecule has 2 rings (SSSR count). The summed E-state index contributed by atoms with van der Waals surface area (Å²) in [6, 6.07) is -0.141. The Kier molecular flexibility index (Phi) is 3.68. The normalized spacial score (nSPS) is 17.0. The van der Waals surface area contributed by atoms with Crippen molar-refractivity contribution in [1.82, 2.24) is 20.2 Å². The van der Waals surface area contributed by atoms with E-state index in [2.05, 4.69) is 15.5 Å². The van der Waals surface area contributed by atoms with Gasteiger partial charge < -0.3 is 9.84 Å². The molecule has 0 aromatic carbocycles. The molecule has 94 valence electrons. The molecule has 1 aliphatic rings. The second kappa shape index (κ2) is 5.22. The largest absolute Gasteiger partial charge is 0.481 e. The zero-order chi connectivity index (χ0) is 12.3. The number of carbonyl (C=O) groups is 1. The fourth-order valence-electron chi connectivity index (χ4n) is 1.87. The average molecular weight is 240 g/mol. The highest BCUT2D eigenvalue weighted by molar-refractivity contribution is 5.67. The Balaban J connectivity index is 2.11. The quantitative estimate of drug-likeness (QED) is 0.752. The minimum atomic E-state index is -0.820. The van der Waals surface area contributed by atoms with Crippen LogP contribution in [0.15, 0.2) is 0 Å². The van der Waals surface area contributed by atoms with Gasteiger partial charge in [0.25, 0.3) is 0 Å². The molecular weight excluding hydrogens is 224 g/mol. The SMILES string of the molecule is CCOCc1nnnn1C(CC(=O)O)C1CC1. The summed E-state index contributed by atoms with van der Waals surface area (Å²) in [6.45, 7) is 2.80. The minimum absolute atomic E-state index is 0.0643. The molecule has 1 aromatic rings. The lowest BCUT2D eigenvalue weighted by Gasteiger charge is -2.15. The first-order valence-electron chi connectivity index (χ1n) is 5.78. The zero-order valence-corrected chi connectivity index (χ0v) is 9.74. The van der Waals surface area contributed by atoms with Crippen LogP contribution in [-0.4, -0.2) is 37.9 Å². The molecular formula is C10H16N4O3. The van der Waals surface area contributed by atoms with Crippen LogP contribution in [-0.2, 0) is 16.1 Å². The highest BCUT2D eigenvalue weighted by Crippen LogP contribution is 2.41. The Morgan fingerprint density at radius 3 is 3.00 bits per heavy atom. The molecule has 7 heteroatoms. The number of carboxylic acids is 1. The highest BCUT2D eigenvalue weighted by Gasteiger charge is 2.36. The summed E-state index contributed by atoms with van der Waals surface area (Å²) in [4.78, 5) is 10.8. The van der Waals surface area contributed by atoms with E-state index in [-0.39, 0.29) is 12.5 Å². The zero-order valence-electron chi connectivity index (χ0n) is 9.74. The van der Waals surface area contributed by atoms with E-state index in [0.717, 1.165) is 12.8 Å². The monoisotopic (exact) mass is 240 g/mol. The number of ether oxygens (including phenoxy) is 1. The van der Waals surface area contributed by atoms with Gasteiger partial charge in [-0.1, -0.05) is 0 Å². The van der Waals surface area contributed by atoms with Crippen molar-refractivity contribution in [2.24, 2.45) is 5.92 Å². The van der Waals surface area contributed by atoms with Crippen LogP contribution in [0.2, 0.25) is 0 Å². The number of rotatable bonds is 7. The van der Waals surface area contributed by atoms with Crippen LogP contribution in [0.4, 0.5) is 0 Å². The number of aromatic nitrogens is 4.